The second kappa shape index (κ2) is 5.69. The zero-order valence-corrected chi connectivity index (χ0v) is 9.94. The molecule has 0 fully saturated rings. The lowest BCUT2D eigenvalue weighted by molar-refractivity contribution is -0.396. The molecule has 0 aromatic heterocycles. The van der Waals surface area contributed by atoms with Crippen LogP contribution in [-0.2, 0) is 10.8 Å². The van der Waals surface area contributed by atoms with Gasteiger partial charge in [0.1, 0.15) is 4.90 Å². The standard InChI is InChI=1S/C8H7ClN2O5S/c9-3-4-17(16)8-2-1-6(10(12)13)5-7(8)11(14)15/h1-2,5H,3-4H2/t17-/m0/s1. The van der Waals surface area contributed by atoms with Gasteiger partial charge in [0.15, 0.2) is 0 Å². The van der Waals surface area contributed by atoms with Crippen LogP contribution in [0.5, 0.6) is 0 Å². The number of nitro groups is 2. The molecule has 0 aliphatic rings. The summed E-state index contributed by atoms with van der Waals surface area (Å²) in [5.74, 6) is 0.140. The summed E-state index contributed by atoms with van der Waals surface area (Å²) in [5, 5.41) is 21.2. The van der Waals surface area contributed by atoms with Crippen LogP contribution in [0.25, 0.3) is 0 Å². The van der Waals surface area contributed by atoms with E-state index in [1.165, 1.54) is 0 Å². The number of nitro benzene ring substituents is 2. The molecule has 1 aromatic rings. The SMILES string of the molecule is O=[N+]([O-])c1ccc([S@@](=O)CCCl)c([N+](=O)[O-])c1. The molecule has 17 heavy (non-hydrogen) atoms. The maximum Gasteiger partial charge on any atom is 0.292 e. The van der Waals surface area contributed by atoms with Crippen LogP contribution in [0.2, 0.25) is 0 Å². The zero-order valence-electron chi connectivity index (χ0n) is 8.37. The molecule has 1 aromatic carbocycles. The van der Waals surface area contributed by atoms with Gasteiger partial charge in [-0.15, -0.1) is 11.6 Å². The third-order valence-electron chi connectivity index (χ3n) is 1.86. The fourth-order valence-electron chi connectivity index (χ4n) is 1.13. The summed E-state index contributed by atoms with van der Waals surface area (Å²) in [7, 11) is -1.63. The molecule has 92 valence electrons. The molecule has 0 aliphatic carbocycles. The van der Waals surface area contributed by atoms with Crippen molar-refractivity contribution in [3.63, 3.8) is 0 Å². The van der Waals surface area contributed by atoms with Gasteiger partial charge in [-0.3, -0.25) is 24.4 Å². The Morgan fingerprint density at radius 3 is 2.35 bits per heavy atom. The van der Waals surface area contributed by atoms with E-state index in [9.17, 15) is 24.4 Å². The van der Waals surface area contributed by atoms with Crippen molar-refractivity contribution >= 4 is 33.8 Å². The summed E-state index contributed by atoms with van der Waals surface area (Å²) >= 11 is 5.39. The fraction of sp³-hybridized carbons (Fsp3) is 0.250. The second-order valence-electron chi connectivity index (χ2n) is 2.90. The summed E-state index contributed by atoms with van der Waals surface area (Å²) in [6, 6.07) is 2.99. The summed E-state index contributed by atoms with van der Waals surface area (Å²) in [6.07, 6.45) is 0. The monoisotopic (exact) mass is 278 g/mol. The van der Waals surface area contributed by atoms with E-state index in [4.69, 9.17) is 11.6 Å². The predicted octanol–water partition coefficient (Wildman–Crippen LogP) is 1.85. The summed E-state index contributed by atoms with van der Waals surface area (Å²) in [5.41, 5.74) is -0.939. The lowest BCUT2D eigenvalue weighted by Crippen LogP contribution is -2.04. The third-order valence-corrected chi connectivity index (χ3v) is 3.68. The van der Waals surface area contributed by atoms with E-state index in [0.717, 1.165) is 18.2 Å². The Morgan fingerprint density at radius 1 is 1.24 bits per heavy atom. The Kier molecular flexibility index (Phi) is 4.53. The molecule has 0 saturated carbocycles. The average Bonchev–Trinajstić information content (AvgIpc) is 2.28. The van der Waals surface area contributed by atoms with Crippen molar-refractivity contribution in [3.05, 3.63) is 38.4 Å². The van der Waals surface area contributed by atoms with Crippen LogP contribution in [0.1, 0.15) is 0 Å². The average molecular weight is 279 g/mol. The van der Waals surface area contributed by atoms with Crippen molar-refractivity contribution in [1.82, 2.24) is 0 Å². The van der Waals surface area contributed by atoms with E-state index >= 15 is 0 Å². The van der Waals surface area contributed by atoms with Crippen LogP contribution >= 0.6 is 11.6 Å². The Bertz CT molecular complexity index is 493. The number of hydrogen-bond acceptors (Lipinski definition) is 5. The van der Waals surface area contributed by atoms with Crippen molar-refractivity contribution in [2.75, 3.05) is 11.6 Å². The highest BCUT2D eigenvalue weighted by Crippen LogP contribution is 2.27. The van der Waals surface area contributed by atoms with Crippen LogP contribution in [-0.4, -0.2) is 25.7 Å². The third kappa shape index (κ3) is 3.21. The minimum atomic E-state index is -1.63. The van der Waals surface area contributed by atoms with Crippen LogP contribution in [0, 0.1) is 20.2 Å². The van der Waals surface area contributed by atoms with Gasteiger partial charge in [-0.2, -0.15) is 0 Å². The summed E-state index contributed by atoms with van der Waals surface area (Å²) in [6.45, 7) is 0. The first kappa shape index (κ1) is 13.5. The number of nitrogens with zero attached hydrogens (tertiary/aromatic N) is 2. The second-order valence-corrected chi connectivity index (χ2v) is 4.82. The maximum absolute atomic E-state index is 11.6. The van der Waals surface area contributed by atoms with E-state index in [0.29, 0.717) is 0 Å². The van der Waals surface area contributed by atoms with E-state index in [1.807, 2.05) is 0 Å². The smallest absolute Gasteiger partial charge is 0.258 e. The molecule has 7 nitrogen and oxygen atoms in total. The summed E-state index contributed by atoms with van der Waals surface area (Å²) in [4.78, 5) is 19.6. The normalized spacial score (nSPS) is 12.1. The van der Waals surface area contributed by atoms with E-state index in [-0.39, 0.29) is 16.5 Å². The van der Waals surface area contributed by atoms with Gasteiger partial charge in [0, 0.05) is 17.7 Å². The molecule has 9 heteroatoms. The van der Waals surface area contributed by atoms with Crippen LogP contribution < -0.4 is 0 Å². The van der Waals surface area contributed by atoms with Crippen molar-refractivity contribution < 1.29 is 14.1 Å². The number of benzene rings is 1. The molecule has 0 spiro atoms. The Morgan fingerprint density at radius 2 is 1.88 bits per heavy atom. The number of non-ortho nitro benzene ring substituents is 1. The van der Waals surface area contributed by atoms with Gasteiger partial charge in [-0.1, -0.05) is 0 Å². The molecule has 0 saturated heterocycles. The predicted molar refractivity (Wildman–Crippen MR) is 61.7 cm³/mol. The van der Waals surface area contributed by atoms with Crippen LogP contribution in [0.4, 0.5) is 11.4 Å². The highest BCUT2D eigenvalue weighted by molar-refractivity contribution is 7.85. The first-order chi connectivity index (χ1) is 7.97. The van der Waals surface area contributed by atoms with E-state index < -0.39 is 32.0 Å². The lowest BCUT2D eigenvalue weighted by atomic mass is 10.3. The van der Waals surface area contributed by atoms with Crippen LogP contribution in [0.3, 0.4) is 0 Å². The Hall–Kier alpha value is -1.54. The lowest BCUT2D eigenvalue weighted by Gasteiger charge is -2.01. The quantitative estimate of drug-likeness (QED) is 0.464. The topological polar surface area (TPSA) is 103 Å². The van der Waals surface area contributed by atoms with Gasteiger partial charge in [0.2, 0.25) is 0 Å². The van der Waals surface area contributed by atoms with Gasteiger partial charge in [0.05, 0.1) is 26.7 Å². The number of alkyl halides is 1. The highest BCUT2D eigenvalue weighted by Gasteiger charge is 2.22. The molecule has 0 N–H and O–H groups in total. The van der Waals surface area contributed by atoms with E-state index in [2.05, 4.69) is 0 Å². The molecule has 0 amide bonds. The van der Waals surface area contributed by atoms with Crippen molar-refractivity contribution in [3.8, 4) is 0 Å². The molecular formula is C8H7ClN2O5S. The molecule has 0 aliphatic heterocycles. The van der Waals surface area contributed by atoms with Crippen molar-refractivity contribution in [2.45, 2.75) is 4.90 Å². The number of hydrogen-bond donors (Lipinski definition) is 0. The Labute approximate surface area is 103 Å². The molecule has 0 unspecified atom stereocenters. The van der Waals surface area contributed by atoms with Crippen LogP contribution in [0.15, 0.2) is 23.1 Å². The largest absolute Gasteiger partial charge is 0.292 e. The minimum Gasteiger partial charge on any atom is -0.258 e. The summed E-state index contributed by atoms with van der Waals surface area (Å²) < 4.78 is 11.6. The number of rotatable bonds is 5. The van der Waals surface area contributed by atoms with Gasteiger partial charge in [-0.05, 0) is 6.07 Å². The van der Waals surface area contributed by atoms with Gasteiger partial charge in [-0.25, -0.2) is 0 Å². The zero-order chi connectivity index (χ0) is 13.0. The molecule has 1 rings (SSSR count). The molecule has 0 bridgehead atoms. The van der Waals surface area contributed by atoms with Gasteiger partial charge >= 0.3 is 0 Å². The van der Waals surface area contributed by atoms with E-state index in [1.54, 1.807) is 0 Å². The first-order valence-corrected chi connectivity index (χ1v) is 6.20. The molecule has 0 heterocycles. The van der Waals surface area contributed by atoms with Gasteiger partial charge in [0.25, 0.3) is 11.4 Å². The first-order valence-electron chi connectivity index (χ1n) is 4.34. The maximum atomic E-state index is 11.6. The van der Waals surface area contributed by atoms with Crippen molar-refractivity contribution in [2.24, 2.45) is 0 Å². The fourth-order valence-corrected chi connectivity index (χ4v) is 2.50. The molecule has 1 atom stereocenters. The minimum absolute atomic E-state index is 0.0544. The molecule has 0 radical (unpaired) electrons. The number of halogens is 1. The highest BCUT2D eigenvalue weighted by atomic mass is 35.5. The van der Waals surface area contributed by atoms with Gasteiger partial charge < -0.3 is 0 Å². The Balaban J connectivity index is 3.27. The molecular weight excluding hydrogens is 272 g/mol. The van der Waals surface area contributed by atoms with Crippen molar-refractivity contribution in [1.29, 1.82) is 0 Å².